The fraction of sp³-hybridized carbons (Fsp3) is 0.692. The molecule has 0 spiro atoms. The third-order valence-corrected chi connectivity index (χ3v) is 3.11. The fourth-order valence-electron chi connectivity index (χ4n) is 1.91. The highest BCUT2D eigenvalue weighted by Crippen LogP contribution is 2.21. The fourth-order valence-corrected chi connectivity index (χ4v) is 1.91. The number of aliphatic hydroxyl groups excluding tert-OH is 1. The van der Waals surface area contributed by atoms with Gasteiger partial charge in [0.05, 0.1) is 0 Å². The average Bonchev–Trinajstić information content (AvgIpc) is 2.41. The van der Waals surface area contributed by atoms with E-state index in [9.17, 15) is 0 Å². The Morgan fingerprint density at radius 3 is 2.47 bits per heavy atom. The van der Waals surface area contributed by atoms with Gasteiger partial charge in [0.2, 0.25) is 0 Å². The lowest BCUT2D eigenvalue weighted by molar-refractivity contribution is 0.278. The van der Waals surface area contributed by atoms with Crippen LogP contribution in [0.3, 0.4) is 0 Å². The number of rotatable bonds is 8. The third kappa shape index (κ3) is 4.33. The van der Waals surface area contributed by atoms with Gasteiger partial charge >= 0.3 is 0 Å². The highest BCUT2D eigenvalue weighted by atomic mass is 16.3. The van der Waals surface area contributed by atoms with Crippen LogP contribution in [-0.4, -0.2) is 27.7 Å². The summed E-state index contributed by atoms with van der Waals surface area (Å²) in [5.41, 5.74) is 3.52. The molecule has 1 heterocycles. The van der Waals surface area contributed by atoms with Crippen molar-refractivity contribution in [3.05, 3.63) is 11.4 Å². The lowest BCUT2D eigenvalue weighted by atomic mass is 10.1. The summed E-state index contributed by atoms with van der Waals surface area (Å²) in [6, 6.07) is 0.207. The summed E-state index contributed by atoms with van der Waals surface area (Å²) in [7, 11) is 0. The van der Waals surface area contributed by atoms with Crippen molar-refractivity contribution in [3.8, 4) is 0 Å². The minimum absolute atomic E-state index is 0.166. The number of nitrogen functional groups attached to an aromatic ring is 1. The Kier molecular flexibility index (Phi) is 6.52. The van der Waals surface area contributed by atoms with Gasteiger partial charge in [-0.1, -0.05) is 13.8 Å². The van der Waals surface area contributed by atoms with Crippen LogP contribution in [0.4, 0.5) is 11.6 Å². The van der Waals surface area contributed by atoms with Crippen molar-refractivity contribution in [2.24, 2.45) is 5.84 Å². The van der Waals surface area contributed by atoms with E-state index in [1.807, 2.05) is 6.92 Å². The van der Waals surface area contributed by atoms with Crippen molar-refractivity contribution >= 4 is 11.6 Å². The molecule has 1 aromatic heterocycles. The molecule has 6 nitrogen and oxygen atoms in total. The molecular weight excluding hydrogens is 242 g/mol. The van der Waals surface area contributed by atoms with Gasteiger partial charge in [-0.15, -0.1) is 0 Å². The second-order valence-corrected chi connectivity index (χ2v) is 4.62. The lowest BCUT2D eigenvalue weighted by Crippen LogP contribution is -2.23. The predicted molar refractivity (Wildman–Crippen MR) is 78.0 cm³/mol. The Hall–Kier alpha value is -1.40. The molecule has 0 aliphatic carbocycles. The molecule has 1 aromatic rings. The van der Waals surface area contributed by atoms with E-state index in [2.05, 4.69) is 34.6 Å². The molecule has 108 valence electrons. The Bertz CT molecular complexity index is 397. The van der Waals surface area contributed by atoms with Gasteiger partial charge in [0, 0.05) is 24.6 Å². The molecule has 0 aliphatic heterocycles. The van der Waals surface area contributed by atoms with Crippen LogP contribution in [0.15, 0.2) is 0 Å². The van der Waals surface area contributed by atoms with E-state index in [4.69, 9.17) is 10.9 Å². The van der Waals surface area contributed by atoms with Gasteiger partial charge in [-0.25, -0.2) is 15.8 Å². The van der Waals surface area contributed by atoms with Gasteiger partial charge in [0.15, 0.2) is 0 Å². The second kappa shape index (κ2) is 7.91. The van der Waals surface area contributed by atoms with Crippen molar-refractivity contribution in [1.29, 1.82) is 0 Å². The smallest absolute Gasteiger partial charge is 0.148 e. The molecule has 1 unspecified atom stereocenters. The summed E-state index contributed by atoms with van der Waals surface area (Å²) in [5, 5.41) is 12.4. The largest absolute Gasteiger partial charge is 0.396 e. The molecule has 0 amide bonds. The molecule has 0 saturated carbocycles. The molecule has 0 aromatic carbocycles. The van der Waals surface area contributed by atoms with E-state index >= 15 is 0 Å². The molecule has 1 rings (SSSR count). The molecule has 0 fully saturated rings. The maximum atomic E-state index is 9.05. The Morgan fingerprint density at radius 1 is 1.26 bits per heavy atom. The number of hydrogen-bond donors (Lipinski definition) is 4. The number of aliphatic hydroxyl groups is 1. The summed E-state index contributed by atoms with van der Waals surface area (Å²) in [4.78, 5) is 8.92. The average molecular weight is 267 g/mol. The number of nitrogens with zero attached hydrogens (tertiary/aromatic N) is 2. The first-order valence-electron chi connectivity index (χ1n) is 6.87. The maximum absolute atomic E-state index is 9.05. The highest BCUT2D eigenvalue weighted by molar-refractivity contribution is 5.57. The third-order valence-electron chi connectivity index (χ3n) is 3.11. The molecule has 0 bridgehead atoms. The molecule has 5 N–H and O–H groups in total. The van der Waals surface area contributed by atoms with E-state index in [1.54, 1.807) is 0 Å². The van der Waals surface area contributed by atoms with E-state index in [0.717, 1.165) is 36.5 Å². The normalized spacial score (nSPS) is 12.3. The van der Waals surface area contributed by atoms with Crippen molar-refractivity contribution in [3.63, 3.8) is 0 Å². The maximum Gasteiger partial charge on any atom is 0.148 e. The first-order chi connectivity index (χ1) is 9.15. The number of hydrazine groups is 1. The summed E-state index contributed by atoms with van der Waals surface area (Å²) in [6.45, 7) is 6.27. The zero-order valence-corrected chi connectivity index (χ0v) is 12.0. The summed E-state index contributed by atoms with van der Waals surface area (Å²) in [6.07, 6.45) is 3.44. The van der Waals surface area contributed by atoms with Gasteiger partial charge in [-0.2, -0.15) is 0 Å². The quantitative estimate of drug-likeness (QED) is 0.422. The monoisotopic (exact) mass is 267 g/mol. The van der Waals surface area contributed by atoms with Crippen molar-refractivity contribution in [1.82, 2.24) is 9.97 Å². The zero-order chi connectivity index (χ0) is 14.3. The first kappa shape index (κ1) is 15.7. The van der Waals surface area contributed by atoms with Gasteiger partial charge < -0.3 is 15.8 Å². The zero-order valence-electron chi connectivity index (χ0n) is 12.0. The van der Waals surface area contributed by atoms with Crippen molar-refractivity contribution in [2.75, 3.05) is 17.3 Å². The van der Waals surface area contributed by atoms with E-state index in [1.165, 1.54) is 0 Å². The van der Waals surface area contributed by atoms with Crippen LogP contribution in [0.2, 0.25) is 0 Å². The van der Waals surface area contributed by atoms with E-state index in [0.29, 0.717) is 12.2 Å². The van der Waals surface area contributed by atoms with Crippen LogP contribution < -0.4 is 16.6 Å². The minimum Gasteiger partial charge on any atom is -0.396 e. The SMILES string of the molecule is CCCc1nc(NN)c(C)c(NC(CC)CCO)n1. The van der Waals surface area contributed by atoms with Gasteiger partial charge in [0.1, 0.15) is 17.5 Å². The van der Waals surface area contributed by atoms with Crippen LogP contribution in [0, 0.1) is 6.92 Å². The Balaban J connectivity index is 2.99. The number of hydrogen-bond acceptors (Lipinski definition) is 6. The number of nitrogens with one attached hydrogen (secondary N) is 2. The van der Waals surface area contributed by atoms with Gasteiger partial charge in [0.25, 0.3) is 0 Å². The topological polar surface area (TPSA) is 96.1 Å². The minimum atomic E-state index is 0.166. The van der Waals surface area contributed by atoms with Gasteiger partial charge in [-0.3, -0.25) is 0 Å². The van der Waals surface area contributed by atoms with Crippen LogP contribution in [0.25, 0.3) is 0 Å². The number of aryl methyl sites for hydroxylation is 1. The number of nitrogens with two attached hydrogens (primary N) is 1. The predicted octanol–water partition coefficient (Wildman–Crippen LogP) is 1.60. The summed E-state index contributed by atoms with van der Waals surface area (Å²) >= 11 is 0. The lowest BCUT2D eigenvalue weighted by Gasteiger charge is -2.19. The Morgan fingerprint density at radius 2 is 1.95 bits per heavy atom. The van der Waals surface area contributed by atoms with Crippen LogP contribution in [-0.2, 0) is 6.42 Å². The standard InChI is InChI=1S/C13H25N5O/c1-4-6-11-16-12(9(3)13(17-11)18-14)15-10(5-2)7-8-19/h10,19H,4-8,14H2,1-3H3,(H2,15,16,17,18). The van der Waals surface area contributed by atoms with Crippen LogP contribution in [0.5, 0.6) is 0 Å². The highest BCUT2D eigenvalue weighted by Gasteiger charge is 2.13. The molecule has 0 aliphatic rings. The molecule has 0 radical (unpaired) electrons. The number of aromatic nitrogens is 2. The van der Waals surface area contributed by atoms with Crippen molar-refractivity contribution < 1.29 is 5.11 Å². The molecule has 19 heavy (non-hydrogen) atoms. The van der Waals surface area contributed by atoms with Crippen molar-refractivity contribution in [2.45, 2.75) is 52.5 Å². The molecular formula is C13H25N5O. The van der Waals surface area contributed by atoms with Gasteiger partial charge in [-0.05, 0) is 26.2 Å². The number of anilines is 2. The first-order valence-corrected chi connectivity index (χ1v) is 6.87. The Labute approximate surface area is 114 Å². The second-order valence-electron chi connectivity index (χ2n) is 4.62. The molecule has 0 saturated heterocycles. The van der Waals surface area contributed by atoms with Crippen LogP contribution >= 0.6 is 0 Å². The van der Waals surface area contributed by atoms with Crippen LogP contribution in [0.1, 0.15) is 44.5 Å². The molecule has 6 heteroatoms. The van der Waals surface area contributed by atoms with E-state index < -0.39 is 0 Å². The summed E-state index contributed by atoms with van der Waals surface area (Å²) < 4.78 is 0. The van der Waals surface area contributed by atoms with E-state index in [-0.39, 0.29) is 12.6 Å². The summed E-state index contributed by atoms with van der Waals surface area (Å²) in [5.74, 6) is 7.73. The molecule has 1 atom stereocenters.